The smallest absolute Gasteiger partial charge is 0.0793 e. The summed E-state index contributed by atoms with van der Waals surface area (Å²) in [5, 5.41) is 23.7. The van der Waals surface area contributed by atoms with Gasteiger partial charge in [-0.25, -0.2) is 0 Å². The predicted molar refractivity (Wildman–Crippen MR) is 166 cm³/mol. The highest BCUT2D eigenvalue weighted by Gasteiger charge is 2.23. The lowest BCUT2D eigenvalue weighted by Gasteiger charge is -2.35. The maximum Gasteiger partial charge on any atom is 0.0793 e. The van der Waals surface area contributed by atoms with E-state index in [0.29, 0.717) is 0 Å². The second kappa shape index (κ2) is 13.4. The Labute approximate surface area is 244 Å². The molecule has 8 heteroatoms. The average Bonchev–Trinajstić information content (AvgIpc) is 3.57. The van der Waals surface area contributed by atoms with Crippen molar-refractivity contribution in [1.29, 1.82) is 0 Å². The zero-order chi connectivity index (χ0) is 27.3. The Balaban J connectivity index is 1.05. The number of β-amino-alcohol motifs (C(OH)–C–C–N with tert-alkyl or cyclic N) is 2. The summed E-state index contributed by atoms with van der Waals surface area (Å²) in [7, 11) is 0. The molecule has 214 valence electrons. The van der Waals surface area contributed by atoms with E-state index in [1.165, 1.54) is 41.7 Å². The third kappa shape index (κ3) is 6.94. The molecular formula is C32H40N2O4S2. The zero-order valence-corrected chi connectivity index (χ0v) is 24.7. The summed E-state index contributed by atoms with van der Waals surface area (Å²) in [5.41, 5.74) is 4.00. The van der Waals surface area contributed by atoms with Crippen molar-refractivity contribution in [3.63, 3.8) is 0 Å². The molecule has 2 aliphatic heterocycles. The van der Waals surface area contributed by atoms with Gasteiger partial charge < -0.3 is 19.7 Å². The number of hydrogen-bond donors (Lipinski definition) is 2. The number of ether oxygens (including phenoxy) is 2. The van der Waals surface area contributed by atoms with Gasteiger partial charge in [-0.2, -0.15) is 0 Å². The van der Waals surface area contributed by atoms with Crippen molar-refractivity contribution in [2.45, 2.75) is 37.9 Å². The molecule has 40 heavy (non-hydrogen) atoms. The molecule has 0 atom stereocenters. The quantitative estimate of drug-likeness (QED) is 0.192. The number of aliphatic hydroxyl groups is 2. The molecule has 0 saturated carbocycles. The Morgan fingerprint density at radius 1 is 0.725 bits per heavy atom. The molecule has 0 unspecified atom stereocenters. The zero-order valence-electron chi connectivity index (χ0n) is 23.1. The molecule has 0 radical (unpaired) electrons. The molecule has 2 aromatic heterocycles. The SMILES string of the molecule is OC1CN(CCCOCCc2cc(-c3cc4c(CCOCCCN5CC(O)C5)cccc4s3)cc3sccc23)C1. The van der Waals surface area contributed by atoms with E-state index in [2.05, 4.69) is 57.6 Å². The molecule has 0 spiro atoms. The van der Waals surface area contributed by atoms with E-state index in [-0.39, 0.29) is 12.2 Å². The molecule has 0 bridgehead atoms. The topological polar surface area (TPSA) is 65.4 Å². The summed E-state index contributed by atoms with van der Waals surface area (Å²) < 4.78 is 14.6. The number of rotatable bonds is 15. The maximum absolute atomic E-state index is 9.42. The minimum atomic E-state index is -0.129. The van der Waals surface area contributed by atoms with Gasteiger partial charge in [0.15, 0.2) is 0 Å². The third-order valence-corrected chi connectivity index (χ3v) is 10.0. The third-order valence-electron chi connectivity index (χ3n) is 8.03. The Hall–Kier alpha value is -1.88. The first-order valence-electron chi connectivity index (χ1n) is 14.6. The van der Waals surface area contributed by atoms with Crippen molar-refractivity contribution < 1.29 is 19.7 Å². The van der Waals surface area contributed by atoms with Gasteiger partial charge in [-0.15, -0.1) is 22.7 Å². The van der Waals surface area contributed by atoms with Gasteiger partial charge in [-0.1, -0.05) is 12.1 Å². The first-order valence-corrected chi connectivity index (χ1v) is 16.3. The fraction of sp³-hybridized carbons (Fsp3) is 0.500. The van der Waals surface area contributed by atoms with Crippen LogP contribution in [0.2, 0.25) is 0 Å². The Morgan fingerprint density at radius 2 is 1.40 bits per heavy atom. The van der Waals surface area contributed by atoms with Crippen molar-refractivity contribution in [3.8, 4) is 10.4 Å². The van der Waals surface area contributed by atoms with Crippen LogP contribution in [0.5, 0.6) is 0 Å². The Morgan fingerprint density at radius 3 is 2.08 bits per heavy atom. The standard InChI is InChI=1S/C32H40N2O4S2/c35-26-19-33(20-26)9-2-11-37-13-6-23-4-1-5-30-29(23)18-31(40-30)25-16-24(28-8-15-39-32(28)17-25)7-14-38-12-3-10-34-21-27(36)22-34/h1,4-5,8,15-18,26-27,35-36H,2-3,6-7,9-14,19-22H2. The number of thiophene rings is 2. The first-order chi connectivity index (χ1) is 19.6. The van der Waals surface area contributed by atoms with Crippen molar-refractivity contribution in [3.05, 3.63) is 59.0 Å². The predicted octanol–water partition coefficient (Wildman–Crippen LogP) is 5.03. The molecule has 0 aliphatic carbocycles. The van der Waals surface area contributed by atoms with Crippen LogP contribution in [0.3, 0.4) is 0 Å². The van der Waals surface area contributed by atoms with Gasteiger partial charge in [0.05, 0.1) is 25.4 Å². The number of likely N-dealkylation sites (tertiary alicyclic amines) is 2. The van der Waals surface area contributed by atoms with Crippen LogP contribution in [0.25, 0.3) is 30.6 Å². The average molecular weight is 581 g/mol. The highest BCUT2D eigenvalue weighted by molar-refractivity contribution is 7.22. The van der Waals surface area contributed by atoms with E-state index in [4.69, 9.17) is 9.47 Å². The maximum atomic E-state index is 9.42. The number of benzene rings is 2. The molecule has 6 nitrogen and oxygen atoms in total. The van der Waals surface area contributed by atoms with Crippen molar-refractivity contribution in [2.24, 2.45) is 0 Å². The number of nitrogens with zero attached hydrogens (tertiary/aromatic N) is 2. The van der Waals surface area contributed by atoms with E-state index in [1.807, 2.05) is 22.7 Å². The molecule has 2 saturated heterocycles. The lowest BCUT2D eigenvalue weighted by Crippen LogP contribution is -2.50. The summed E-state index contributed by atoms with van der Waals surface area (Å²) in [6.07, 6.45) is 3.60. The van der Waals surface area contributed by atoms with Gasteiger partial charge in [0.1, 0.15) is 0 Å². The van der Waals surface area contributed by atoms with Gasteiger partial charge in [0.2, 0.25) is 0 Å². The van der Waals surface area contributed by atoms with E-state index in [9.17, 15) is 10.2 Å². The minimum absolute atomic E-state index is 0.128. The van der Waals surface area contributed by atoms with Crippen LogP contribution in [-0.2, 0) is 22.3 Å². The second-order valence-corrected chi connectivity index (χ2v) is 13.2. The van der Waals surface area contributed by atoms with E-state index < -0.39 is 0 Å². The van der Waals surface area contributed by atoms with E-state index in [1.54, 1.807) is 0 Å². The number of hydrogen-bond acceptors (Lipinski definition) is 8. The van der Waals surface area contributed by atoms with Crippen molar-refractivity contribution in [1.82, 2.24) is 9.80 Å². The van der Waals surface area contributed by atoms with Gasteiger partial charge >= 0.3 is 0 Å². The molecule has 6 rings (SSSR count). The summed E-state index contributed by atoms with van der Waals surface area (Å²) in [4.78, 5) is 5.86. The highest BCUT2D eigenvalue weighted by Crippen LogP contribution is 2.38. The Bertz CT molecular complexity index is 1390. The second-order valence-electron chi connectivity index (χ2n) is 11.2. The van der Waals surface area contributed by atoms with Crippen LogP contribution in [0.4, 0.5) is 0 Å². The van der Waals surface area contributed by atoms with Gasteiger partial charge in [0.25, 0.3) is 0 Å². The monoisotopic (exact) mass is 580 g/mol. The van der Waals surface area contributed by atoms with Crippen LogP contribution in [0.15, 0.2) is 47.8 Å². The molecule has 2 fully saturated rings. The first kappa shape index (κ1) is 28.2. The molecule has 2 aromatic carbocycles. The lowest BCUT2D eigenvalue weighted by molar-refractivity contribution is -0.00316. The largest absolute Gasteiger partial charge is 0.390 e. The summed E-state index contributed by atoms with van der Waals surface area (Å²) in [6, 6.07) is 16.0. The van der Waals surface area contributed by atoms with Crippen molar-refractivity contribution in [2.75, 3.05) is 65.7 Å². The molecule has 4 heterocycles. The van der Waals surface area contributed by atoms with Crippen LogP contribution < -0.4 is 0 Å². The molecular weight excluding hydrogens is 540 g/mol. The molecule has 2 aliphatic rings. The van der Waals surface area contributed by atoms with Crippen molar-refractivity contribution >= 4 is 42.8 Å². The van der Waals surface area contributed by atoms with Crippen LogP contribution in [-0.4, -0.2) is 97.9 Å². The van der Waals surface area contributed by atoms with Crippen LogP contribution in [0, 0.1) is 0 Å². The molecule has 0 amide bonds. The number of aliphatic hydroxyl groups excluding tert-OH is 2. The number of fused-ring (bicyclic) bond motifs is 2. The summed E-state index contributed by atoms with van der Waals surface area (Å²) >= 11 is 3.68. The van der Waals surface area contributed by atoms with Gasteiger partial charge in [0, 0.05) is 66.8 Å². The van der Waals surface area contributed by atoms with Crippen LogP contribution in [0.1, 0.15) is 24.0 Å². The fourth-order valence-electron chi connectivity index (χ4n) is 5.78. The highest BCUT2D eigenvalue weighted by atomic mass is 32.1. The van der Waals surface area contributed by atoms with Gasteiger partial charge in [-0.05, 0) is 88.9 Å². The lowest BCUT2D eigenvalue weighted by atomic mass is 10.0. The Kier molecular flexibility index (Phi) is 9.46. The van der Waals surface area contributed by atoms with E-state index >= 15 is 0 Å². The molecule has 4 aromatic rings. The summed E-state index contributed by atoms with van der Waals surface area (Å²) in [6.45, 7) is 8.25. The fourth-order valence-corrected chi connectivity index (χ4v) is 7.74. The van der Waals surface area contributed by atoms with E-state index in [0.717, 1.165) is 91.4 Å². The van der Waals surface area contributed by atoms with Crippen LogP contribution >= 0.6 is 22.7 Å². The molecule has 2 N–H and O–H groups in total. The summed E-state index contributed by atoms with van der Waals surface area (Å²) in [5.74, 6) is 0. The van der Waals surface area contributed by atoms with Gasteiger partial charge in [-0.3, -0.25) is 9.80 Å². The minimum Gasteiger partial charge on any atom is -0.390 e. The normalized spacial score (nSPS) is 17.1.